The lowest BCUT2D eigenvalue weighted by atomic mass is 9.44. The van der Waals surface area contributed by atoms with Gasteiger partial charge in [-0.2, -0.15) is 0 Å². The summed E-state index contributed by atoms with van der Waals surface area (Å²) in [5.74, 6) is -2.80. The van der Waals surface area contributed by atoms with Crippen molar-refractivity contribution in [2.45, 2.75) is 101 Å². The minimum atomic E-state index is -2.00. The molecule has 4 saturated carbocycles. The van der Waals surface area contributed by atoms with Gasteiger partial charge in [0.1, 0.15) is 0 Å². The van der Waals surface area contributed by atoms with Crippen molar-refractivity contribution < 1.29 is 38.1 Å². The zero-order valence-corrected chi connectivity index (χ0v) is 21.2. The van der Waals surface area contributed by atoms with E-state index in [0.29, 0.717) is 37.7 Å². The van der Waals surface area contributed by atoms with Crippen LogP contribution in [-0.4, -0.2) is 58.5 Å². The van der Waals surface area contributed by atoms with Gasteiger partial charge in [-0.25, -0.2) is 4.39 Å². The van der Waals surface area contributed by atoms with Gasteiger partial charge in [-0.3, -0.25) is 14.4 Å². The number of hydrogen-bond donors (Lipinski definition) is 1. The average Bonchev–Trinajstić information content (AvgIpc) is 3.47. The Hall–Kier alpha value is -1.90. The summed E-state index contributed by atoms with van der Waals surface area (Å²) in [7, 11) is 0. The molecule has 5 aliphatic carbocycles. The Morgan fingerprint density at radius 3 is 2.64 bits per heavy atom. The minimum absolute atomic E-state index is 0.0110. The molecule has 0 aromatic carbocycles. The molecule has 1 N–H and O–H groups in total. The van der Waals surface area contributed by atoms with E-state index >= 15 is 4.39 Å². The number of fused-ring (bicyclic) bond motifs is 7. The number of allylic oxidation sites excluding steroid dienone is 4. The van der Waals surface area contributed by atoms with Crippen LogP contribution in [0.1, 0.15) is 72.1 Å². The van der Waals surface area contributed by atoms with Gasteiger partial charge in [0.2, 0.25) is 5.78 Å². The Balaban J connectivity index is 1.44. The third-order valence-corrected chi connectivity index (χ3v) is 10.7. The van der Waals surface area contributed by atoms with Gasteiger partial charge in [0.15, 0.2) is 29.4 Å². The standard InChI is InChI=1S/C28H35FO7/c1-16(30)34-15-22(33)28-23(35-26(36-28)9-4-5-10-26)13-20-19-7-6-17-12-18(31)8-11-24(17,2)27(19,29)21(32)14-25(20,28)3/h8,11-12,19-21,23,32H,4-7,9-10,13-15H2,1-3H3/t19?,20?,21?,23?,24-,25-,27-,28+/m0/s1. The Bertz CT molecular complexity index is 1090. The maximum Gasteiger partial charge on any atom is 0.303 e. The summed E-state index contributed by atoms with van der Waals surface area (Å²) in [6.45, 7) is 4.52. The van der Waals surface area contributed by atoms with E-state index in [4.69, 9.17) is 14.2 Å². The van der Waals surface area contributed by atoms with Crippen LogP contribution in [0.4, 0.5) is 4.39 Å². The molecule has 0 aromatic heterocycles. The van der Waals surface area contributed by atoms with Gasteiger partial charge >= 0.3 is 5.97 Å². The molecule has 0 radical (unpaired) electrons. The molecule has 36 heavy (non-hydrogen) atoms. The summed E-state index contributed by atoms with van der Waals surface area (Å²) >= 11 is 0. The van der Waals surface area contributed by atoms with Gasteiger partial charge in [-0.15, -0.1) is 0 Å². The van der Waals surface area contributed by atoms with Gasteiger partial charge in [-0.1, -0.05) is 18.6 Å². The average molecular weight is 503 g/mol. The molecule has 0 amide bonds. The predicted octanol–water partition coefficient (Wildman–Crippen LogP) is 3.52. The van der Waals surface area contributed by atoms with Gasteiger partial charge in [0, 0.05) is 36.5 Å². The van der Waals surface area contributed by atoms with Crippen molar-refractivity contribution in [2.75, 3.05) is 6.61 Å². The van der Waals surface area contributed by atoms with Crippen LogP contribution in [0.5, 0.6) is 0 Å². The van der Waals surface area contributed by atoms with Crippen molar-refractivity contribution in [3.8, 4) is 0 Å². The number of ketones is 2. The third-order valence-electron chi connectivity index (χ3n) is 10.7. The smallest absolute Gasteiger partial charge is 0.303 e. The van der Waals surface area contributed by atoms with Crippen LogP contribution in [0.3, 0.4) is 0 Å². The number of ether oxygens (including phenoxy) is 3. The van der Waals surface area contributed by atoms with Crippen molar-refractivity contribution in [3.05, 3.63) is 23.8 Å². The highest BCUT2D eigenvalue weighted by atomic mass is 19.1. The highest BCUT2D eigenvalue weighted by molar-refractivity contribution is 6.01. The first kappa shape index (κ1) is 24.4. The van der Waals surface area contributed by atoms with Crippen LogP contribution in [0.25, 0.3) is 0 Å². The number of halogens is 1. The maximum absolute atomic E-state index is 17.4. The van der Waals surface area contributed by atoms with Crippen molar-refractivity contribution in [2.24, 2.45) is 22.7 Å². The lowest BCUT2D eigenvalue weighted by Gasteiger charge is -2.62. The molecule has 6 rings (SSSR count). The second kappa shape index (κ2) is 7.58. The number of hydrogen-bond acceptors (Lipinski definition) is 7. The second-order valence-electron chi connectivity index (χ2n) is 12.3. The summed E-state index contributed by atoms with van der Waals surface area (Å²) in [6.07, 6.45) is 7.23. The number of aliphatic hydroxyl groups excluding tert-OH is 1. The predicted molar refractivity (Wildman–Crippen MR) is 125 cm³/mol. The molecule has 8 atom stereocenters. The number of aliphatic hydroxyl groups is 1. The molecule has 196 valence electrons. The molecular formula is C28H35FO7. The summed E-state index contributed by atoms with van der Waals surface area (Å²) in [4.78, 5) is 37.5. The van der Waals surface area contributed by atoms with Crippen LogP contribution in [0.2, 0.25) is 0 Å². The fourth-order valence-corrected chi connectivity index (χ4v) is 9.04. The fourth-order valence-electron chi connectivity index (χ4n) is 9.04. The van der Waals surface area contributed by atoms with Gasteiger partial charge < -0.3 is 19.3 Å². The summed E-state index contributed by atoms with van der Waals surface area (Å²) in [5.41, 5.74) is -4.72. The zero-order valence-electron chi connectivity index (χ0n) is 21.2. The number of carbonyl (C=O) groups excluding carboxylic acids is 3. The number of alkyl halides is 1. The van der Waals surface area contributed by atoms with E-state index in [1.165, 1.54) is 19.1 Å². The van der Waals surface area contributed by atoms with Gasteiger partial charge in [0.05, 0.1) is 12.2 Å². The van der Waals surface area contributed by atoms with Crippen LogP contribution in [-0.2, 0) is 28.6 Å². The second-order valence-corrected chi connectivity index (χ2v) is 12.3. The lowest BCUT2D eigenvalue weighted by molar-refractivity contribution is -0.253. The minimum Gasteiger partial charge on any atom is -0.458 e. The molecule has 8 heteroatoms. The summed E-state index contributed by atoms with van der Waals surface area (Å²) in [5, 5.41) is 11.6. The first-order valence-corrected chi connectivity index (χ1v) is 13.3. The molecular weight excluding hydrogens is 467 g/mol. The summed E-state index contributed by atoms with van der Waals surface area (Å²) in [6, 6.07) is 0. The SMILES string of the molecule is CC(=O)OCC(=O)[C@@]12OC3(CCCC3)OC1CC1C3CCC4=CC(=O)C=C[C@]4(C)[C@@]3(F)C(O)C[C@@]12C. The first-order valence-electron chi connectivity index (χ1n) is 13.3. The van der Waals surface area contributed by atoms with Crippen LogP contribution >= 0.6 is 0 Å². The topological polar surface area (TPSA) is 99.1 Å². The van der Waals surface area contributed by atoms with E-state index < -0.39 is 58.6 Å². The molecule has 1 spiro atoms. The van der Waals surface area contributed by atoms with Crippen LogP contribution in [0.15, 0.2) is 23.8 Å². The van der Waals surface area contributed by atoms with E-state index in [0.717, 1.165) is 12.8 Å². The largest absolute Gasteiger partial charge is 0.458 e. The molecule has 6 aliphatic rings. The maximum atomic E-state index is 17.4. The molecule has 1 aliphatic heterocycles. The van der Waals surface area contributed by atoms with E-state index in [2.05, 4.69) is 0 Å². The molecule has 5 fully saturated rings. The molecule has 1 saturated heterocycles. The fraction of sp³-hybridized carbons (Fsp3) is 0.750. The lowest BCUT2D eigenvalue weighted by Crippen LogP contribution is -2.70. The van der Waals surface area contributed by atoms with Crippen molar-refractivity contribution in [1.29, 1.82) is 0 Å². The Morgan fingerprint density at radius 2 is 1.94 bits per heavy atom. The van der Waals surface area contributed by atoms with E-state index in [-0.39, 0.29) is 23.9 Å². The van der Waals surface area contributed by atoms with Gasteiger partial charge in [0.25, 0.3) is 0 Å². The number of esters is 1. The molecule has 0 aromatic rings. The van der Waals surface area contributed by atoms with Crippen molar-refractivity contribution in [3.63, 3.8) is 0 Å². The highest BCUT2D eigenvalue weighted by Crippen LogP contribution is 2.73. The zero-order chi connectivity index (χ0) is 25.7. The Labute approximate surface area is 210 Å². The van der Waals surface area contributed by atoms with E-state index in [1.54, 1.807) is 13.0 Å². The first-order chi connectivity index (χ1) is 16.9. The normalized spacial score (nSPS) is 48.1. The monoisotopic (exact) mass is 502 g/mol. The molecule has 1 heterocycles. The Kier molecular flexibility index (Phi) is 5.14. The van der Waals surface area contributed by atoms with Crippen molar-refractivity contribution >= 4 is 17.5 Å². The Morgan fingerprint density at radius 1 is 1.22 bits per heavy atom. The number of rotatable bonds is 3. The number of carbonyl (C=O) groups is 3. The van der Waals surface area contributed by atoms with Crippen LogP contribution in [0, 0.1) is 22.7 Å². The van der Waals surface area contributed by atoms with Crippen molar-refractivity contribution in [1.82, 2.24) is 0 Å². The van der Waals surface area contributed by atoms with E-state index in [1.807, 2.05) is 6.92 Å². The van der Waals surface area contributed by atoms with Gasteiger partial charge in [-0.05, 0) is 63.5 Å². The quantitative estimate of drug-likeness (QED) is 0.590. The number of Topliss-reactive ketones (excluding diaryl/α,β-unsaturated/α-hetero) is 1. The highest BCUT2D eigenvalue weighted by Gasteiger charge is 2.80. The summed E-state index contributed by atoms with van der Waals surface area (Å²) < 4.78 is 35.8. The molecule has 7 nitrogen and oxygen atoms in total. The third kappa shape index (κ3) is 2.81. The molecule has 4 unspecified atom stereocenters. The van der Waals surface area contributed by atoms with Crippen LogP contribution < -0.4 is 0 Å². The van der Waals surface area contributed by atoms with E-state index in [9.17, 15) is 19.5 Å². The molecule has 0 bridgehead atoms.